The molecule has 0 saturated carbocycles. The Kier molecular flexibility index (Phi) is 6.20. The van der Waals surface area contributed by atoms with Gasteiger partial charge >= 0.3 is 0 Å². The minimum atomic E-state index is -0.566. The fourth-order valence-corrected chi connectivity index (χ4v) is 3.48. The Hall–Kier alpha value is -3.62. The van der Waals surface area contributed by atoms with Gasteiger partial charge < -0.3 is 10.7 Å². The van der Waals surface area contributed by atoms with E-state index in [1.807, 2.05) is 0 Å². The number of aldehydes is 1. The Balaban J connectivity index is 2.24. The first-order valence-electron chi connectivity index (χ1n) is 9.23. The van der Waals surface area contributed by atoms with Crippen LogP contribution < -0.4 is 10.7 Å². The molecule has 0 amide bonds. The topological polar surface area (TPSA) is 84.2 Å². The average Bonchev–Trinajstić information content (AvgIpc) is 3.16. The van der Waals surface area contributed by atoms with Gasteiger partial charge in [-0.2, -0.15) is 10.2 Å². The second-order valence-electron chi connectivity index (χ2n) is 6.68. The van der Waals surface area contributed by atoms with E-state index in [1.54, 1.807) is 25.7 Å². The van der Waals surface area contributed by atoms with Gasteiger partial charge in [0.05, 0.1) is 17.7 Å². The first kappa shape index (κ1) is 21.1. The number of halogens is 2. The highest BCUT2D eigenvalue weighted by atomic mass is 19.1. The van der Waals surface area contributed by atoms with Gasteiger partial charge in [0.2, 0.25) is 0 Å². The molecule has 0 bridgehead atoms. The number of hydrogen-bond acceptors (Lipinski definition) is 6. The molecule has 2 atom stereocenters. The van der Waals surface area contributed by atoms with Crippen molar-refractivity contribution < 1.29 is 13.6 Å². The molecule has 1 unspecified atom stereocenters. The molecular formula is C21H22F2N6O. The third-order valence-electron chi connectivity index (χ3n) is 4.84. The minimum Gasteiger partial charge on any atom is -0.376 e. The molecule has 2 aromatic rings. The van der Waals surface area contributed by atoms with Crippen LogP contribution in [0.3, 0.4) is 0 Å². The lowest BCUT2D eigenvalue weighted by Crippen LogP contribution is -2.41. The lowest BCUT2D eigenvalue weighted by molar-refractivity contribution is 0.112. The third-order valence-corrected chi connectivity index (χ3v) is 4.84. The molecule has 0 fully saturated rings. The molecule has 7 nitrogen and oxygen atoms in total. The monoisotopic (exact) mass is 412 g/mol. The Labute approximate surface area is 172 Å². The second-order valence-corrected chi connectivity index (χ2v) is 6.68. The van der Waals surface area contributed by atoms with E-state index in [9.17, 15) is 13.6 Å². The number of nitrogens with zero attached hydrogens (tertiary/aromatic N) is 4. The molecule has 3 rings (SSSR count). The summed E-state index contributed by atoms with van der Waals surface area (Å²) in [6.07, 6.45) is 6.15. The van der Waals surface area contributed by atoms with Crippen molar-refractivity contribution >= 4 is 17.7 Å². The van der Waals surface area contributed by atoms with Gasteiger partial charge in [-0.05, 0) is 30.7 Å². The quantitative estimate of drug-likeness (QED) is 0.432. The highest BCUT2D eigenvalue weighted by Gasteiger charge is 2.40. The molecule has 2 N–H and O–H groups in total. The number of anilines is 1. The largest absolute Gasteiger partial charge is 0.376 e. The number of carbonyl (C=O) groups is 1. The van der Waals surface area contributed by atoms with Gasteiger partial charge in [-0.1, -0.05) is 18.7 Å². The molecule has 1 aliphatic rings. The van der Waals surface area contributed by atoms with E-state index in [0.29, 0.717) is 34.6 Å². The normalized spacial score (nSPS) is 20.2. The van der Waals surface area contributed by atoms with Gasteiger partial charge in [-0.15, -0.1) is 0 Å². The van der Waals surface area contributed by atoms with Crippen molar-refractivity contribution in [2.75, 3.05) is 12.4 Å². The van der Waals surface area contributed by atoms with Gasteiger partial charge in [0.15, 0.2) is 6.29 Å². The molecule has 2 heterocycles. The van der Waals surface area contributed by atoms with E-state index in [-0.39, 0.29) is 5.56 Å². The van der Waals surface area contributed by atoms with Crippen molar-refractivity contribution in [2.24, 2.45) is 12.1 Å². The Morgan fingerprint density at radius 1 is 1.40 bits per heavy atom. The molecule has 156 valence electrons. The van der Waals surface area contributed by atoms with Gasteiger partial charge in [0, 0.05) is 30.9 Å². The smallest absolute Gasteiger partial charge is 0.150 e. The van der Waals surface area contributed by atoms with E-state index in [2.05, 4.69) is 32.5 Å². The number of nitrogens with one attached hydrogen (secondary N) is 2. The SMILES string of the molecule is C=C(/C=C\C(F)=C/C)[C@H]1Nc2cc(F)cc(C=O)c2/C(=N\NC)C1c1ncnn1C. The molecule has 0 saturated heterocycles. The number of carbonyl (C=O) groups excluding carboxylic acids is 1. The predicted octanol–water partition coefficient (Wildman–Crippen LogP) is 3.25. The van der Waals surface area contributed by atoms with Crippen molar-refractivity contribution in [2.45, 2.75) is 18.9 Å². The number of aryl methyl sites for hydroxylation is 1. The molecule has 1 aromatic carbocycles. The zero-order valence-electron chi connectivity index (χ0n) is 16.9. The second kappa shape index (κ2) is 8.81. The number of allylic oxidation sites excluding steroid dienone is 3. The highest BCUT2D eigenvalue weighted by Crippen LogP contribution is 2.39. The summed E-state index contributed by atoms with van der Waals surface area (Å²) < 4.78 is 29.4. The van der Waals surface area contributed by atoms with Crippen LogP contribution in [0.2, 0.25) is 0 Å². The maximum atomic E-state index is 14.1. The van der Waals surface area contributed by atoms with Crippen LogP contribution in [0.1, 0.15) is 34.6 Å². The van der Waals surface area contributed by atoms with Gasteiger partial charge in [0.1, 0.15) is 23.8 Å². The van der Waals surface area contributed by atoms with Crippen molar-refractivity contribution in [1.82, 2.24) is 20.2 Å². The molecule has 1 aromatic heterocycles. The van der Waals surface area contributed by atoms with Crippen LogP contribution in [-0.4, -0.2) is 39.9 Å². The number of aromatic nitrogens is 3. The summed E-state index contributed by atoms with van der Waals surface area (Å²) in [5.74, 6) is -0.966. The number of benzene rings is 1. The van der Waals surface area contributed by atoms with E-state index < -0.39 is 23.6 Å². The molecular weight excluding hydrogens is 390 g/mol. The van der Waals surface area contributed by atoms with Crippen molar-refractivity contribution in [3.8, 4) is 0 Å². The third kappa shape index (κ3) is 3.91. The molecule has 30 heavy (non-hydrogen) atoms. The molecule has 1 aliphatic heterocycles. The lowest BCUT2D eigenvalue weighted by atomic mass is 9.79. The van der Waals surface area contributed by atoms with Crippen LogP contribution in [-0.2, 0) is 7.05 Å². The minimum absolute atomic E-state index is 0.151. The van der Waals surface area contributed by atoms with Gasteiger partial charge in [-0.25, -0.2) is 13.8 Å². The number of hydrazone groups is 1. The van der Waals surface area contributed by atoms with E-state index in [1.165, 1.54) is 30.6 Å². The molecule has 0 radical (unpaired) electrons. The summed E-state index contributed by atoms with van der Waals surface area (Å²) in [6.45, 7) is 5.65. The number of fused-ring (bicyclic) bond motifs is 1. The summed E-state index contributed by atoms with van der Waals surface area (Å²) >= 11 is 0. The van der Waals surface area contributed by atoms with Crippen LogP contribution in [0.25, 0.3) is 0 Å². The maximum absolute atomic E-state index is 14.1. The predicted molar refractivity (Wildman–Crippen MR) is 112 cm³/mol. The molecule has 9 heteroatoms. The lowest BCUT2D eigenvalue weighted by Gasteiger charge is -2.36. The van der Waals surface area contributed by atoms with Crippen LogP contribution >= 0.6 is 0 Å². The fourth-order valence-electron chi connectivity index (χ4n) is 3.48. The highest BCUT2D eigenvalue weighted by molar-refractivity contribution is 6.15. The number of rotatable bonds is 6. The molecule has 0 aliphatic carbocycles. The van der Waals surface area contributed by atoms with Crippen LogP contribution in [0, 0.1) is 5.82 Å². The Bertz CT molecular complexity index is 1070. The Morgan fingerprint density at radius 2 is 2.17 bits per heavy atom. The van der Waals surface area contributed by atoms with Gasteiger partial charge in [-0.3, -0.25) is 9.48 Å². The van der Waals surface area contributed by atoms with Crippen LogP contribution in [0.4, 0.5) is 14.5 Å². The van der Waals surface area contributed by atoms with Crippen LogP contribution in [0.15, 0.2) is 59.8 Å². The summed E-state index contributed by atoms with van der Waals surface area (Å²) in [5.41, 5.74) is 4.73. The maximum Gasteiger partial charge on any atom is 0.150 e. The summed E-state index contributed by atoms with van der Waals surface area (Å²) in [6, 6.07) is 1.90. The molecule has 0 spiro atoms. The summed E-state index contributed by atoms with van der Waals surface area (Å²) in [4.78, 5) is 16.0. The Morgan fingerprint density at radius 3 is 2.77 bits per heavy atom. The standard InChI is InChI=1S/C21H22F2N6O/c1-5-14(22)7-6-12(2)19-18(21-25-11-26-29(21)4)20(28-24-3)17-13(10-30)8-15(23)9-16(17)27-19/h5-11,18-19,24,27H,2H2,1,3-4H3/b7-6-,14-5+,28-20+/t18?,19-/m1/s1. The number of hydrogen-bond donors (Lipinski definition) is 2. The zero-order valence-corrected chi connectivity index (χ0v) is 16.9. The van der Waals surface area contributed by atoms with Crippen LogP contribution in [0.5, 0.6) is 0 Å². The zero-order chi connectivity index (χ0) is 21.8. The first-order chi connectivity index (χ1) is 14.4. The average molecular weight is 412 g/mol. The van der Waals surface area contributed by atoms with E-state index in [0.717, 1.165) is 6.07 Å². The van der Waals surface area contributed by atoms with Crippen molar-refractivity contribution in [3.63, 3.8) is 0 Å². The fraction of sp³-hybridized carbons (Fsp3) is 0.238. The first-order valence-corrected chi connectivity index (χ1v) is 9.23. The van der Waals surface area contributed by atoms with Gasteiger partial charge in [0.25, 0.3) is 0 Å². The van der Waals surface area contributed by atoms with E-state index in [4.69, 9.17) is 0 Å². The summed E-state index contributed by atoms with van der Waals surface area (Å²) in [7, 11) is 3.35. The summed E-state index contributed by atoms with van der Waals surface area (Å²) in [5, 5.41) is 11.8. The van der Waals surface area contributed by atoms with Crippen molar-refractivity contribution in [3.05, 3.63) is 77.4 Å². The van der Waals surface area contributed by atoms with E-state index >= 15 is 0 Å². The van der Waals surface area contributed by atoms with Crippen molar-refractivity contribution in [1.29, 1.82) is 0 Å².